The van der Waals surface area contributed by atoms with E-state index < -0.39 is 0 Å². The van der Waals surface area contributed by atoms with Crippen LogP contribution in [-0.4, -0.2) is 27.1 Å². The smallest absolute Gasteiger partial charge is 0.273 e. The number of hydrogen-bond donors (Lipinski definition) is 1. The highest BCUT2D eigenvalue weighted by molar-refractivity contribution is 6.30. The SMILES string of the molecule is CCN(Cc1ccc(Cl)cc1)C(=O)CCn1[nH]c(=O)c2ccccc2c1=O. The molecule has 0 bridgehead atoms. The minimum Gasteiger partial charge on any atom is -0.339 e. The first-order valence-electron chi connectivity index (χ1n) is 8.73. The molecule has 0 saturated heterocycles. The molecule has 0 aliphatic rings. The van der Waals surface area contributed by atoms with Crippen molar-refractivity contribution in [3.8, 4) is 0 Å². The minimum atomic E-state index is -0.342. The van der Waals surface area contributed by atoms with E-state index in [2.05, 4.69) is 5.10 Å². The average Bonchev–Trinajstić information content (AvgIpc) is 2.69. The fourth-order valence-electron chi connectivity index (χ4n) is 2.96. The number of fused-ring (bicyclic) bond motifs is 1. The zero-order valence-electron chi connectivity index (χ0n) is 14.9. The van der Waals surface area contributed by atoms with Crippen LogP contribution in [0.3, 0.4) is 0 Å². The maximum Gasteiger partial charge on any atom is 0.273 e. The Morgan fingerprint density at radius 1 is 1.07 bits per heavy atom. The number of hydrogen-bond acceptors (Lipinski definition) is 3. The van der Waals surface area contributed by atoms with Crippen LogP contribution < -0.4 is 11.1 Å². The number of nitrogens with zero attached hydrogens (tertiary/aromatic N) is 2. The van der Waals surface area contributed by atoms with E-state index in [1.807, 2.05) is 19.1 Å². The first-order chi connectivity index (χ1) is 13.0. The number of aromatic amines is 1. The van der Waals surface area contributed by atoms with E-state index in [1.54, 1.807) is 41.3 Å². The van der Waals surface area contributed by atoms with E-state index in [0.717, 1.165) is 5.56 Å². The fraction of sp³-hybridized carbons (Fsp3) is 0.250. The number of H-pyrrole nitrogens is 1. The molecule has 1 heterocycles. The molecule has 7 heteroatoms. The second kappa shape index (κ2) is 8.22. The van der Waals surface area contributed by atoms with Gasteiger partial charge >= 0.3 is 0 Å². The number of aromatic nitrogens is 2. The van der Waals surface area contributed by atoms with Gasteiger partial charge in [-0.15, -0.1) is 0 Å². The van der Waals surface area contributed by atoms with Gasteiger partial charge in [-0.3, -0.25) is 19.5 Å². The largest absolute Gasteiger partial charge is 0.339 e. The summed E-state index contributed by atoms with van der Waals surface area (Å²) in [5.41, 5.74) is 0.329. The van der Waals surface area contributed by atoms with Gasteiger partial charge in [0.05, 0.1) is 17.3 Å². The Bertz CT molecular complexity index is 1070. The molecule has 140 valence electrons. The summed E-state index contributed by atoms with van der Waals surface area (Å²) in [6.45, 7) is 3.03. The summed E-state index contributed by atoms with van der Waals surface area (Å²) in [5, 5.41) is 3.90. The van der Waals surface area contributed by atoms with Crippen LogP contribution in [0.15, 0.2) is 58.1 Å². The second-order valence-corrected chi connectivity index (χ2v) is 6.66. The lowest BCUT2D eigenvalue weighted by Crippen LogP contribution is -2.34. The van der Waals surface area contributed by atoms with Crippen molar-refractivity contribution in [2.24, 2.45) is 0 Å². The highest BCUT2D eigenvalue weighted by Gasteiger charge is 2.14. The van der Waals surface area contributed by atoms with Crippen LogP contribution in [0.4, 0.5) is 0 Å². The van der Waals surface area contributed by atoms with Crippen molar-refractivity contribution in [3.05, 3.63) is 79.8 Å². The highest BCUT2D eigenvalue weighted by atomic mass is 35.5. The molecule has 0 aliphatic carbocycles. The van der Waals surface area contributed by atoms with Crippen molar-refractivity contribution in [1.29, 1.82) is 0 Å². The lowest BCUT2D eigenvalue weighted by Gasteiger charge is -2.21. The van der Waals surface area contributed by atoms with Crippen LogP contribution in [0.25, 0.3) is 10.8 Å². The Balaban J connectivity index is 1.73. The van der Waals surface area contributed by atoms with Crippen LogP contribution in [0.1, 0.15) is 18.9 Å². The van der Waals surface area contributed by atoms with E-state index in [-0.39, 0.29) is 30.0 Å². The summed E-state index contributed by atoms with van der Waals surface area (Å²) >= 11 is 5.89. The zero-order valence-corrected chi connectivity index (χ0v) is 15.7. The highest BCUT2D eigenvalue weighted by Crippen LogP contribution is 2.12. The molecular formula is C20H20ClN3O3. The summed E-state index contributed by atoms with van der Waals surface area (Å²) in [5.74, 6) is -0.0895. The number of aryl methyl sites for hydroxylation is 1. The van der Waals surface area contributed by atoms with Crippen molar-refractivity contribution >= 4 is 28.3 Å². The average molecular weight is 386 g/mol. The van der Waals surface area contributed by atoms with E-state index in [4.69, 9.17) is 11.6 Å². The Hall–Kier alpha value is -2.86. The van der Waals surface area contributed by atoms with Crippen LogP contribution in [0.5, 0.6) is 0 Å². The maximum atomic E-state index is 12.6. The summed E-state index contributed by atoms with van der Waals surface area (Å²) < 4.78 is 1.21. The molecule has 27 heavy (non-hydrogen) atoms. The Kier molecular flexibility index (Phi) is 5.76. The topological polar surface area (TPSA) is 75.2 Å². The number of benzene rings is 2. The molecule has 3 aromatic rings. The molecule has 2 aromatic carbocycles. The molecule has 0 atom stereocenters. The quantitative estimate of drug-likeness (QED) is 0.709. The van der Waals surface area contributed by atoms with Gasteiger partial charge in [-0.05, 0) is 36.8 Å². The first kappa shape index (κ1) is 18.9. The Morgan fingerprint density at radius 2 is 1.74 bits per heavy atom. The molecule has 0 fully saturated rings. The molecule has 1 N–H and O–H groups in total. The van der Waals surface area contributed by atoms with Crippen LogP contribution in [-0.2, 0) is 17.9 Å². The van der Waals surface area contributed by atoms with Gasteiger partial charge in [-0.1, -0.05) is 35.9 Å². The minimum absolute atomic E-state index is 0.0895. The van der Waals surface area contributed by atoms with E-state index in [0.29, 0.717) is 28.9 Å². The lowest BCUT2D eigenvalue weighted by molar-refractivity contribution is -0.131. The molecule has 0 saturated carbocycles. The first-order valence-corrected chi connectivity index (χ1v) is 9.11. The number of amides is 1. The van der Waals surface area contributed by atoms with Gasteiger partial charge in [0, 0.05) is 24.5 Å². The van der Waals surface area contributed by atoms with Gasteiger partial charge in [-0.25, -0.2) is 4.68 Å². The second-order valence-electron chi connectivity index (χ2n) is 6.23. The fourth-order valence-corrected chi connectivity index (χ4v) is 3.08. The Morgan fingerprint density at radius 3 is 2.41 bits per heavy atom. The summed E-state index contributed by atoms with van der Waals surface area (Å²) in [6.07, 6.45) is 0.121. The third-order valence-corrected chi connectivity index (χ3v) is 4.71. The standard InChI is InChI=1S/C20H20ClN3O3/c1-2-23(13-14-7-9-15(21)10-8-14)18(25)11-12-24-20(27)17-6-4-3-5-16(17)19(26)22-24/h3-10H,2,11-13H2,1H3,(H,22,26). The van der Waals surface area contributed by atoms with Gasteiger partial charge < -0.3 is 4.90 Å². The molecule has 0 unspecified atom stereocenters. The summed E-state index contributed by atoms with van der Waals surface area (Å²) in [6, 6.07) is 14.0. The normalized spacial score (nSPS) is 10.9. The molecule has 1 amide bonds. The number of nitrogens with one attached hydrogen (secondary N) is 1. The molecule has 3 rings (SSSR count). The van der Waals surface area contributed by atoms with Crippen LogP contribution in [0, 0.1) is 0 Å². The maximum absolute atomic E-state index is 12.6. The zero-order chi connectivity index (χ0) is 19.4. The van der Waals surface area contributed by atoms with Crippen molar-refractivity contribution < 1.29 is 4.79 Å². The predicted octanol–water partition coefficient (Wildman–Crippen LogP) is 2.78. The van der Waals surface area contributed by atoms with Crippen molar-refractivity contribution in [3.63, 3.8) is 0 Å². The van der Waals surface area contributed by atoms with Gasteiger partial charge in [-0.2, -0.15) is 0 Å². The van der Waals surface area contributed by atoms with E-state index in [1.165, 1.54) is 4.68 Å². The van der Waals surface area contributed by atoms with Crippen LogP contribution >= 0.6 is 11.6 Å². The van der Waals surface area contributed by atoms with Crippen LogP contribution in [0.2, 0.25) is 5.02 Å². The monoisotopic (exact) mass is 385 g/mol. The molecule has 0 radical (unpaired) electrons. The molecule has 6 nitrogen and oxygen atoms in total. The van der Waals surface area contributed by atoms with E-state index >= 15 is 0 Å². The number of carbonyl (C=O) groups is 1. The molecule has 0 spiro atoms. The van der Waals surface area contributed by atoms with Crippen molar-refractivity contribution in [1.82, 2.24) is 14.7 Å². The van der Waals surface area contributed by atoms with Gasteiger partial charge in [0.2, 0.25) is 5.91 Å². The number of halogens is 1. The molecule has 0 aliphatic heterocycles. The molecular weight excluding hydrogens is 366 g/mol. The van der Waals surface area contributed by atoms with Gasteiger partial charge in [0.1, 0.15) is 0 Å². The summed E-state index contributed by atoms with van der Waals surface area (Å²) in [4.78, 5) is 38.9. The Labute approximate surface area is 161 Å². The van der Waals surface area contributed by atoms with E-state index in [9.17, 15) is 14.4 Å². The summed E-state index contributed by atoms with van der Waals surface area (Å²) in [7, 11) is 0. The lowest BCUT2D eigenvalue weighted by atomic mass is 10.2. The third kappa shape index (κ3) is 4.28. The molecule has 1 aromatic heterocycles. The predicted molar refractivity (Wildman–Crippen MR) is 106 cm³/mol. The van der Waals surface area contributed by atoms with Gasteiger partial charge in [0.15, 0.2) is 0 Å². The van der Waals surface area contributed by atoms with Gasteiger partial charge in [0.25, 0.3) is 11.1 Å². The van der Waals surface area contributed by atoms with Crippen molar-refractivity contribution in [2.45, 2.75) is 26.4 Å². The van der Waals surface area contributed by atoms with Crippen molar-refractivity contribution in [2.75, 3.05) is 6.54 Å². The number of carbonyl (C=O) groups excluding carboxylic acids is 1. The number of rotatable bonds is 6. The third-order valence-electron chi connectivity index (χ3n) is 4.45.